The van der Waals surface area contributed by atoms with E-state index >= 15 is 0 Å². The van der Waals surface area contributed by atoms with Crippen molar-refractivity contribution in [1.82, 2.24) is 9.97 Å². The highest BCUT2D eigenvalue weighted by molar-refractivity contribution is 6.00. The molecule has 0 radical (unpaired) electrons. The number of benzene rings is 2. The van der Waals surface area contributed by atoms with Gasteiger partial charge in [-0.1, -0.05) is 12.1 Å². The van der Waals surface area contributed by atoms with E-state index in [1.54, 1.807) is 19.1 Å². The van der Waals surface area contributed by atoms with E-state index in [2.05, 4.69) is 9.97 Å². The summed E-state index contributed by atoms with van der Waals surface area (Å²) < 4.78 is 31.5. The Morgan fingerprint density at radius 2 is 2.03 bits per heavy atom. The van der Waals surface area contributed by atoms with Gasteiger partial charge >= 0.3 is 11.6 Å². The second-order valence-electron chi connectivity index (χ2n) is 8.92. The fourth-order valence-corrected chi connectivity index (χ4v) is 5.28. The van der Waals surface area contributed by atoms with Crippen LogP contribution in [0.15, 0.2) is 39.5 Å². The molecule has 180 valence electrons. The topological polar surface area (TPSA) is 118 Å². The molecular formula is C25H22FN3O6. The zero-order chi connectivity index (χ0) is 24.4. The lowest BCUT2D eigenvalue weighted by molar-refractivity contribution is 0.109. The second-order valence-corrected chi connectivity index (χ2v) is 8.92. The van der Waals surface area contributed by atoms with Crippen molar-refractivity contribution in [2.75, 3.05) is 31.8 Å². The Kier molecular flexibility index (Phi) is 4.90. The fraction of sp³-hybridized carbons (Fsp3) is 0.320. The van der Waals surface area contributed by atoms with E-state index in [4.69, 9.17) is 13.9 Å². The van der Waals surface area contributed by atoms with Crippen LogP contribution in [0, 0.1) is 18.7 Å². The number of nitrogens with zero attached hydrogens (tertiary/aromatic N) is 3. The van der Waals surface area contributed by atoms with E-state index in [1.165, 1.54) is 25.3 Å². The number of anilines is 1. The lowest BCUT2D eigenvalue weighted by Gasteiger charge is -2.25. The lowest BCUT2D eigenvalue weighted by atomic mass is 9.98. The summed E-state index contributed by atoms with van der Waals surface area (Å²) in [5.41, 5.74) is 0.246. The van der Waals surface area contributed by atoms with Crippen LogP contribution in [-0.4, -0.2) is 59.2 Å². The first-order chi connectivity index (χ1) is 16.9. The highest BCUT2D eigenvalue weighted by atomic mass is 19.1. The Bertz CT molecular complexity index is 1550. The summed E-state index contributed by atoms with van der Waals surface area (Å²) in [7, 11) is 1.42. The van der Waals surface area contributed by atoms with Crippen LogP contribution in [0.3, 0.4) is 0 Å². The number of β-amino-alcohol motifs (C(OH)–C–C–N with tert-alkyl or cyclic N) is 1. The van der Waals surface area contributed by atoms with Crippen molar-refractivity contribution in [2.45, 2.75) is 19.1 Å². The van der Waals surface area contributed by atoms with Gasteiger partial charge in [0.15, 0.2) is 5.82 Å². The predicted molar refractivity (Wildman–Crippen MR) is 125 cm³/mol. The van der Waals surface area contributed by atoms with Crippen molar-refractivity contribution in [3.8, 4) is 23.1 Å². The highest BCUT2D eigenvalue weighted by Crippen LogP contribution is 2.40. The molecule has 10 heteroatoms. The lowest BCUT2D eigenvalue weighted by Crippen LogP contribution is -2.34. The maximum Gasteiger partial charge on any atom is 0.349 e. The van der Waals surface area contributed by atoms with Crippen LogP contribution in [0.4, 0.5) is 10.2 Å². The van der Waals surface area contributed by atoms with Gasteiger partial charge in [-0.2, -0.15) is 9.97 Å². The molecule has 0 aliphatic carbocycles. The third-order valence-corrected chi connectivity index (χ3v) is 6.95. The summed E-state index contributed by atoms with van der Waals surface area (Å²) in [6, 6.07) is 7.20. The number of rotatable bonds is 3. The maximum atomic E-state index is 14.9. The van der Waals surface area contributed by atoms with Crippen LogP contribution in [0.25, 0.3) is 33.0 Å². The summed E-state index contributed by atoms with van der Waals surface area (Å²) in [4.78, 5) is 24.1. The molecule has 0 saturated carbocycles. The molecule has 6 rings (SSSR count). The largest absolute Gasteiger partial charge is 0.508 e. The Balaban J connectivity index is 1.64. The van der Waals surface area contributed by atoms with Gasteiger partial charge in [-0.05, 0) is 30.5 Å². The molecule has 0 amide bonds. The molecule has 9 nitrogen and oxygen atoms in total. The molecule has 2 aromatic carbocycles. The molecule has 0 bridgehead atoms. The van der Waals surface area contributed by atoms with Gasteiger partial charge in [0, 0.05) is 29.0 Å². The van der Waals surface area contributed by atoms with Crippen LogP contribution >= 0.6 is 0 Å². The molecule has 0 spiro atoms. The number of ether oxygens (including phenoxy) is 2. The maximum absolute atomic E-state index is 14.9. The van der Waals surface area contributed by atoms with Crippen LogP contribution in [0.1, 0.15) is 5.56 Å². The van der Waals surface area contributed by atoms with Crippen molar-refractivity contribution < 1.29 is 28.5 Å². The van der Waals surface area contributed by atoms with E-state index < -0.39 is 17.5 Å². The molecular weight excluding hydrogens is 457 g/mol. The highest BCUT2D eigenvalue weighted by Gasteiger charge is 2.46. The average Bonchev–Trinajstić information content (AvgIpc) is 3.44. The smallest absolute Gasteiger partial charge is 0.349 e. The molecule has 3 atom stereocenters. The standard InChI is InChI=1S/C25H22FN3O6/c1-11-21-20(23(28-25(27-21)33-2)29-8-18(31)15-9-34-10-17(15)29)24(32)35-22(11)14-7-13(30)6-12-4-3-5-16(26)19(12)14/h3-7,15,17-18,30-31H,8-10H2,1-2H3. The van der Waals surface area contributed by atoms with Gasteiger partial charge in [0.05, 0.1) is 38.0 Å². The Morgan fingerprint density at radius 3 is 2.83 bits per heavy atom. The molecule has 35 heavy (non-hydrogen) atoms. The minimum absolute atomic E-state index is 0.0379. The second kappa shape index (κ2) is 7.89. The Labute approximate surface area is 198 Å². The molecule has 2 aliphatic rings. The molecule has 2 N–H and O–H groups in total. The first kappa shape index (κ1) is 21.8. The van der Waals surface area contributed by atoms with E-state index in [1.807, 2.05) is 4.90 Å². The summed E-state index contributed by atoms with van der Waals surface area (Å²) >= 11 is 0. The zero-order valence-electron chi connectivity index (χ0n) is 19.0. The number of hydrogen-bond acceptors (Lipinski definition) is 9. The predicted octanol–water partition coefficient (Wildman–Crippen LogP) is 2.76. The van der Waals surface area contributed by atoms with E-state index in [-0.39, 0.29) is 57.9 Å². The van der Waals surface area contributed by atoms with Gasteiger partial charge in [0.1, 0.15) is 22.7 Å². The summed E-state index contributed by atoms with van der Waals surface area (Å²) in [5.74, 6) is -0.332. The molecule has 3 unspecified atom stereocenters. The fourth-order valence-electron chi connectivity index (χ4n) is 5.28. The van der Waals surface area contributed by atoms with Gasteiger partial charge in [-0.3, -0.25) is 0 Å². The van der Waals surface area contributed by atoms with E-state index in [0.29, 0.717) is 30.0 Å². The minimum atomic E-state index is -0.719. The third kappa shape index (κ3) is 3.24. The van der Waals surface area contributed by atoms with Gasteiger partial charge < -0.3 is 29.0 Å². The zero-order valence-corrected chi connectivity index (χ0v) is 19.0. The number of methoxy groups -OCH3 is 1. The van der Waals surface area contributed by atoms with Gasteiger partial charge in [0.2, 0.25) is 0 Å². The molecule has 4 heterocycles. The minimum Gasteiger partial charge on any atom is -0.508 e. The Morgan fingerprint density at radius 1 is 1.20 bits per heavy atom. The van der Waals surface area contributed by atoms with Gasteiger partial charge in [-0.25, -0.2) is 9.18 Å². The normalized spacial score (nSPS) is 21.7. The number of phenols is 1. The number of aromatic hydroxyl groups is 1. The van der Waals surface area contributed by atoms with Crippen molar-refractivity contribution in [1.29, 1.82) is 0 Å². The van der Waals surface area contributed by atoms with E-state index in [0.717, 1.165) is 0 Å². The number of aliphatic hydroxyl groups is 1. The van der Waals surface area contributed by atoms with Crippen LogP contribution in [-0.2, 0) is 4.74 Å². The Hall–Kier alpha value is -3.76. The number of fused-ring (bicyclic) bond motifs is 3. The van der Waals surface area contributed by atoms with Crippen LogP contribution in [0.2, 0.25) is 0 Å². The molecule has 4 aromatic rings. The summed E-state index contributed by atoms with van der Waals surface area (Å²) in [5, 5.41) is 21.6. The molecule has 2 aliphatic heterocycles. The number of hydrogen-bond donors (Lipinski definition) is 2. The third-order valence-electron chi connectivity index (χ3n) is 6.95. The molecule has 2 saturated heterocycles. The van der Waals surface area contributed by atoms with Crippen molar-refractivity contribution in [3.05, 3.63) is 52.1 Å². The monoisotopic (exact) mass is 479 g/mol. The van der Waals surface area contributed by atoms with Crippen molar-refractivity contribution in [2.24, 2.45) is 5.92 Å². The molecule has 2 fully saturated rings. The van der Waals surface area contributed by atoms with Crippen LogP contribution < -0.4 is 15.3 Å². The summed E-state index contributed by atoms with van der Waals surface area (Å²) in [6.07, 6.45) is -0.632. The van der Waals surface area contributed by atoms with Crippen LogP contribution in [0.5, 0.6) is 11.8 Å². The van der Waals surface area contributed by atoms with Crippen molar-refractivity contribution >= 4 is 27.5 Å². The quantitative estimate of drug-likeness (QED) is 0.457. The van der Waals surface area contributed by atoms with Gasteiger partial charge in [-0.15, -0.1) is 0 Å². The first-order valence-electron chi connectivity index (χ1n) is 11.2. The number of aliphatic hydroxyl groups excluding tert-OH is 1. The summed E-state index contributed by atoms with van der Waals surface area (Å²) in [6.45, 7) is 2.80. The van der Waals surface area contributed by atoms with Crippen molar-refractivity contribution in [3.63, 3.8) is 0 Å². The molecule has 2 aromatic heterocycles. The average molecular weight is 479 g/mol. The number of aryl methyl sites for hydroxylation is 1. The van der Waals surface area contributed by atoms with Gasteiger partial charge in [0.25, 0.3) is 0 Å². The number of aromatic nitrogens is 2. The first-order valence-corrected chi connectivity index (χ1v) is 11.2. The SMILES string of the molecule is COc1nc(N2CC(O)C3COCC32)c2c(=O)oc(-c3cc(O)cc4cccc(F)c34)c(C)c2n1. The van der Waals surface area contributed by atoms with E-state index in [9.17, 15) is 19.4 Å². The number of halogens is 1. The number of phenolic OH excluding ortho intramolecular Hbond substituents is 1.